The van der Waals surface area contributed by atoms with Gasteiger partial charge in [0, 0.05) is 24.0 Å². The van der Waals surface area contributed by atoms with Crippen molar-refractivity contribution in [3.8, 4) is 5.75 Å². The molecule has 0 aromatic heterocycles. The summed E-state index contributed by atoms with van der Waals surface area (Å²) in [6, 6.07) is 12.2. The maximum atomic E-state index is 6.18. The van der Waals surface area contributed by atoms with Gasteiger partial charge in [0.15, 0.2) is 0 Å². The molecule has 2 aromatic carbocycles. The van der Waals surface area contributed by atoms with Crippen LogP contribution >= 0.6 is 11.6 Å². The lowest BCUT2D eigenvalue weighted by molar-refractivity contribution is 0.381. The van der Waals surface area contributed by atoms with Gasteiger partial charge >= 0.3 is 0 Å². The number of aliphatic imine (C=N–C) groups is 1. The number of hydrogen-bond donors (Lipinski definition) is 0. The van der Waals surface area contributed by atoms with Crippen LogP contribution in [0, 0.1) is 0 Å². The van der Waals surface area contributed by atoms with Crippen molar-refractivity contribution in [3.05, 3.63) is 52.5 Å². The first-order chi connectivity index (χ1) is 12.4. The summed E-state index contributed by atoms with van der Waals surface area (Å²) in [6.45, 7) is 10.2. The van der Waals surface area contributed by atoms with E-state index in [0.717, 1.165) is 24.2 Å². The highest BCUT2D eigenvalue weighted by atomic mass is 35.5. The summed E-state index contributed by atoms with van der Waals surface area (Å²) in [4.78, 5) is 7.08. The molecule has 138 valence electrons. The van der Waals surface area contributed by atoms with Gasteiger partial charge in [0.25, 0.3) is 0 Å². The molecule has 0 saturated carbocycles. The largest absolute Gasteiger partial charge is 0.495 e. The van der Waals surface area contributed by atoms with Gasteiger partial charge in [-0.05, 0) is 74.6 Å². The van der Waals surface area contributed by atoms with Gasteiger partial charge in [0.2, 0.25) is 0 Å². The van der Waals surface area contributed by atoms with Crippen LogP contribution in [-0.2, 0) is 0 Å². The number of anilines is 1. The second-order valence-electron chi connectivity index (χ2n) is 7.56. The molecule has 1 aliphatic rings. The molecule has 1 aliphatic heterocycles. The third kappa shape index (κ3) is 3.59. The van der Waals surface area contributed by atoms with Crippen molar-refractivity contribution in [1.29, 1.82) is 0 Å². The van der Waals surface area contributed by atoms with E-state index in [0.29, 0.717) is 16.7 Å². The third-order valence-electron chi connectivity index (χ3n) is 5.22. The summed E-state index contributed by atoms with van der Waals surface area (Å²) in [6.07, 6.45) is 3.06. The molecule has 0 spiro atoms. The van der Waals surface area contributed by atoms with Crippen molar-refractivity contribution >= 4 is 29.2 Å². The van der Waals surface area contributed by atoms with Crippen molar-refractivity contribution in [2.75, 3.05) is 18.6 Å². The molecule has 1 atom stereocenters. The number of hydrogen-bond acceptors (Lipinski definition) is 3. The lowest BCUT2D eigenvalue weighted by Gasteiger charge is -2.47. The summed E-state index contributed by atoms with van der Waals surface area (Å²) >= 11 is 6.18. The van der Waals surface area contributed by atoms with Gasteiger partial charge in [-0.25, -0.2) is 0 Å². The molecule has 0 radical (unpaired) electrons. The minimum Gasteiger partial charge on any atom is -0.495 e. The summed E-state index contributed by atoms with van der Waals surface area (Å²) in [5.41, 5.74) is 4.87. The van der Waals surface area contributed by atoms with Gasteiger partial charge < -0.3 is 9.64 Å². The Kier molecular flexibility index (Phi) is 5.29. The monoisotopic (exact) mass is 370 g/mol. The smallest absolute Gasteiger partial charge is 0.137 e. The van der Waals surface area contributed by atoms with E-state index >= 15 is 0 Å². The van der Waals surface area contributed by atoms with Crippen LogP contribution in [-0.4, -0.2) is 25.4 Å². The van der Waals surface area contributed by atoms with Crippen LogP contribution in [0.4, 0.5) is 11.4 Å². The number of benzene rings is 2. The van der Waals surface area contributed by atoms with E-state index in [1.165, 1.54) is 11.3 Å². The van der Waals surface area contributed by atoms with E-state index in [1.807, 2.05) is 24.4 Å². The van der Waals surface area contributed by atoms with E-state index in [-0.39, 0.29) is 5.54 Å². The van der Waals surface area contributed by atoms with Crippen LogP contribution in [0.2, 0.25) is 5.02 Å². The van der Waals surface area contributed by atoms with Gasteiger partial charge in [-0.2, -0.15) is 0 Å². The third-order valence-corrected chi connectivity index (χ3v) is 5.52. The zero-order chi connectivity index (χ0) is 18.9. The van der Waals surface area contributed by atoms with Crippen molar-refractivity contribution < 1.29 is 4.74 Å². The molecule has 3 rings (SSSR count). The molecule has 0 aliphatic carbocycles. The fourth-order valence-corrected chi connectivity index (χ4v) is 4.32. The fraction of sp³-hybridized carbons (Fsp3) is 0.409. The summed E-state index contributed by atoms with van der Waals surface area (Å²) < 4.78 is 5.19. The highest BCUT2D eigenvalue weighted by Gasteiger charge is 2.35. The Hall–Kier alpha value is -2.00. The van der Waals surface area contributed by atoms with Crippen molar-refractivity contribution in [2.24, 2.45) is 4.99 Å². The van der Waals surface area contributed by atoms with Crippen LogP contribution in [0.25, 0.3) is 0 Å². The van der Waals surface area contributed by atoms with Crippen LogP contribution in [0.5, 0.6) is 5.75 Å². The Morgan fingerprint density at radius 1 is 1.27 bits per heavy atom. The molecular formula is C22H27ClN2O. The molecule has 0 bridgehead atoms. The van der Waals surface area contributed by atoms with Crippen LogP contribution < -0.4 is 9.64 Å². The molecule has 26 heavy (non-hydrogen) atoms. The normalized spacial score (nSPS) is 18.8. The molecule has 0 fully saturated rings. The number of fused-ring (bicyclic) bond motifs is 1. The van der Waals surface area contributed by atoms with E-state index in [9.17, 15) is 0 Å². The van der Waals surface area contributed by atoms with Crippen LogP contribution in [0.3, 0.4) is 0 Å². The Morgan fingerprint density at radius 3 is 2.69 bits per heavy atom. The first-order valence-electron chi connectivity index (χ1n) is 9.15. The number of methoxy groups -OCH3 is 1. The van der Waals surface area contributed by atoms with Gasteiger partial charge in [0.05, 0.1) is 17.8 Å². The minimum atomic E-state index is 0.191. The van der Waals surface area contributed by atoms with Crippen LogP contribution in [0.15, 0.2) is 41.4 Å². The van der Waals surface area contributed by atoms with Crippen LogP contribution in [0.1, 0.15) is 51.2 Å². The van der Waals surface area contributed by atoms with E-state index in [2.05, 4.69) is 55.8 Å². The standard InChI is InChI=1S/C22H27ClN2O/c1-6-25-20-9-7-16(11-18(20)15(2)13-22(25,3)4)14-24-17-8-10-21(26-5)19(23)12-17/h7-12,14-15H,6,13H2,1-5H3/t15-/m1/s1. The second-order valence-corrected chi connectivity index (χ2v) is 7.96. The van der Waals surface area contributed by atoms with Crippen molar-refractivity contribution in [2.45, 2.75) is 45.6 Å². The maximum absolute atomic E-state index is 6.18. The van der Waals surface area contributed by atoms with Gasteiger partial charge in [-0.3, -0.25) is 4.99 Å². The van der Waals surface area contributed by atoms with Crippen molar-refractivity contribution in [1.82, 2.24) is 0 Å². The molecule has 0 N–H and O–H groups in total. The molecule has 1 heterocycles. The zero-order valence-electron chi connectivity index (χ0n) is 16.2. The maximum Gasteiger partial charge on any atom is 0.137 e. The van der Waals surface area contributed by atoms with E-state index < -0.39 is 0 Å². The van der Waals surface area contributed by atoms with Gasteiger partial charge in [-0.15, -0.1) is 0 Å². The SMILES string of the molecule is CCN1c2ccc(C=Nc3ccc(OC)c(Cl)c3)cc2[C@H](C)CC1(C)C. The second kappa shape index (κ2) is 7.32. The highest BCUT2D eigenvalue weighted by molar-refractivity contribution is 6.32. The fourth-order valence-electron chi connectivity index (χ4n) is 4.07. The molecule has 4 heteroatoms. The Labute approximate surface area is 161 Å². The molecule has 2 aromatic rings. The lowest BCUT2D eigenvalue weighted by atomic mass is 9.79. The first-order valence-corrected chi connectivity index (χ1v) is 9.52. The molecule has 3 nitrogen and oxygen atoms in total. The summed E-state index contributed by atoms with van der Waals surface area (Å²) in [5.74, 6) is 1.20. The van der Waals surface area contributed by atoms with E-state index in [1.54, 1.807) is 7.11 Å². The first kappa shape index (κ1) is 18.8. The predicted octanol–water partition coefficient (Wildman–Crippen LogP) is 6.21. The Balaban J connectivity index is 1.89. The zero-order valence-corrected chi connectivity index (χ0v) is 17.0. The topological polar surface area (TPSA) is 24.8 Å². The quantitative estimate of drug-likeness (QED) is 0.597. The Morgan fingerprint density at radius 2 is 2.04 bits per heavy atom. The molecule has 0 unspecified atom stereocenters. The summed E-state index contributed by atoms with van der Waals surface area (Å²) in [5, 5.41) is 0.571. The lowest BCUT2D eigenvalue weighted by Crippen LogP contribution is -2.48. The summed E-state index contributed by atoms with van der Waals surface area (Å²) in [7, 11) is 1.61. The van der Waals surface area contributed by atoms with E-state index in [4.69, 9.17) is 16.3 Å². The molecular weight excluding hydrogens is 344 g/mol. The average Bonchev–Trinajstić information content (AvgIpc) is 2.60. The van der Waals surface area contributed by atoms with Gasteiger partial charge in [-0.1, -0.05) is 24.6 Å². The Bertz CT molecular complexity index is 829. The molecule has 0 saturated heterocycles. The number of halogens is 1. The number of rotatable bonds is 4. The highest BCUT2D eigenvalue weighted by Crippen LogP contribution is 2.43. The number of ether oxygens (including phenoxy) is 1. The minimum absolute atomic E-state index is 0.191. The number of nitrogens with zero attached hydrogens (tertiary/aromatic N) is 2. The molecule has 0 amide bonds. The van der Waals surface area contributed by atoms with Gasteiger partial charge in [0.1, 0.15) is 5.75 Å². The average molecular weight is 371 g/mol. The van der Waals surface area contributed by atoms with Crippen molar-refractivity contribution in [3.63, 3.8) is 0 Å². The predicted molar refractivity (Wildman–Crippen MR) is 112 cm³/mol.